The fraction of sp³-hybridized carbons (Fsp3) is 0.522. The summed E-state index contributed by atoms with van der Waals surface area (Å²) in [5.74, 6) is -0.0502. The van der Waals surface area contributed by atoms with Crippen LogP contribution in [0.1, 0.15) is 52.0 Å². The molecule has 3 aliphatic rings. The van der Waals surface area contributed by atoms with Crippen LogP contribution in [0.15, 0.2) is 24.4 Å². The van der Waals surface area contributed by atoms with Gasteiger partial charge in [0, 0.05) is 11.6 Å². The lowest BCUT2D eigenvalue weighted by Gasteiger charge is -2.52. The van der Waals surface area contributed by atoms with Crippen molar-refractivity contribution >= 4 is 23.2 Å². The molecule has 8 heteroatoms. The average Bonchev–Trinajstić information content (AvgIpc) is 2.72. The van der Waals surface area contributed by atoms with Crippen molar-refractivity contribution in [1.29, 1.82) is 0 Å². The van der Waals surface area contributed by atoms with Crippen molar-refractivity contribution in [2.45, 2.75) is 63.2 Å². The van der Waals surface area contributed by atoms with Crippen LogP contribution in [0.5, 0.6) is 5.88 Å². The van der Waals surface area contributed by atoms with Crippen LogP contribution in [-0.2, 0) is 9.47 Å². The van der Waals surface area contributed by atoms with Crippen molar-refractivity contribution in [2.75, 3.05) is 13.7 Å². The number of methoxy groups -OCH3 is 1. The highest BCUT2D eigenvalue weighted by Crippen LogP contribution is 2.45. The number of nitrogens with one attached hydrogen (secondary N) is 1. The molecule has 5 rings (SSSR count). The van der Waals surface area contributed by atoms with Gasteiger partial charge in [-0.2, -0.15) is 0 Å². The number of hydrogen-bond donors (Lipinski definition) is 1. The van der Waals surface area contributed by atoms with E-state index in [0.29, 0.717) is 29.1 Å². The molecule has 3 fully saturated rings. The van der Waals surface area contributed by atoms with Gasteiger partial charge in [0.15, 0.2) is 5.82 Å². The first-order valence-corrected chi connectivity index (χ1v) is 10.5. The van der Waals surface area contributed by atoms with Crippen LogP contribution >= 0.6 is 0 Å². The van der Waals surface area contributed by atoms with E-state index in [0.717, 1.165) is 25.7 Å². The lowest BCUT2D eigenvalue weighted by molar-refractivity contribution is -0.133. The summed E-state index contributed by atoms with van der Waals surface area (Å²) >= 11 is 0. The zero-order valence-corrected chi connectivity index (χ0v) is 18.3. The molecule has 2 saturated heterocycles. The fourth-order valence-electron chi connectivity index (χ4n) is 4.17. The Morgan fingerprint density at radius 3 is 2.61 bits per heavy atom. The monoisotopic (exact) mass is 429 g/mol. The highest BCUT2D eigenvalue weighted by atomic mass is 19.1. The number of carbonyl (C=O) groups excluding carboxylic acids is 1. The largest absolute Gasteiger partial charge is 0.481 e. The molecular weight excluding hydrogens is 401 g/mol. The second kappa shape index (κ2) is 7.75. The summed E-state index contributed by atoms with van der Waals surface area (Å²) < 4.78 is 31.3. The summed E-state index contributed by atoms with van der Waals surface area (Å²) in [6, 6.07) is 3.45. The van der Waals surface area contributed by atoms with Crippen LogP contribution in [0.2, 0.25) is 0 Å². The van der Waals surface area contributed by atoms with Crippen LogP contribution in [0.4, 0.5) is 9.18 Å². The number of fused-ring (bicyclic) bond motifs is 4. The number of hydrogen-bond acceptors (Lipinski definition) is 6. The second-order valence-electron chi connectivity index (χ2n) is 9.34. The number of alkyl carbamates (subject to hydrolysis) is 1. The molecule has 0 radical (unpaired) electrons. The van der Waals surface area contributed by atoms with E-state index >= 15 is 0 Å². The predicted molar refractivity (Wildman–Crippen MR) is 114 cm³/mol. The number of carbonyl (C=O) groups is 1. The van der Waals surface area contributed by atoms with Crippen molar-refractivity contribution in [3.63, 3.8) is 0 Å². The molecule has 1 amide bonds. The number of halogens is 1. The van der Waals surface area contributed by atoms with Gasteiger partial charge < -0.3 is 19.5 Å². The summed E-state index contributed by atoms with van der Waals surface area (Å²) in [5.41, 5.74) is -0.0607. The number of nitrogens with zero attached hydrogens (tertiary/aromatic N) is 2. The molecule has 166 valence electrons. The van der Waals surface area contributed by atoms with Crippen molar-refractivity contribution < 1.29 is 23.4 Å². The molecule has 1 saturated carbocycles. The van der Waals surface area contributed by atoms with Gasteiger partial charge in [-0.15, -0.1) is 0 Å². The molecule has 7 nitrogen and oxygen atoms in total. The van der Waals surface area contributed by atoms with E-state index in [1.165, 1.54) is 13.3 Å². The summed E-state index contributed by atoms with van der Waals surface area (Å²) in [6.07, 6.45) is 7.40. The summed E-state index contributed by atoms with van der Waals surface area (Å²) in [5, 5.41) is 3.01. The van der Waals surface area contributed by atoms with E-state index in [9.17, 15) is 9.18 Å². The molecule has 0 atom stereocenters. The molecule has 0 unspecified atom stereocenters. The molecule has 2 aromatic heterocycles. The summed E-state index contributed by atoms with van der Waals surface area (Å²) in [7, 11) is 1.52. The Morgan fingerprint density at radius 1 is 1.26 bits per heavy atom. The normalized spacial score (nSPS) is 25.7. The quantitative estimate of drug-likeness (QED) is 0.776. The number of pyridine rings is 2. The first-order chi connectivity index (χ1) is 14.6. The van der Waals surface area contributed by atoms with Gasteiger partial charge in [0.1, 0.15) is 11.1 Å². The van der Waals surface area contributed by atoms with Crippen LogP contribution in [0, 0.1) is 5.82 Å². The Labute approximate surface area is 181 Å². The Balaban J connectivity index is 1.51. The number of aromatic nitrogens is 2. The number of rotatable bonds is 4. The number of amides is 1. The van der Waals surface area contributed by atoms with Gasteiger partial charge in [-0.25, -0.2) is 14.2 Å². The van der Waals surface area contributed by atoms with Crippen molar-refractivity contribution in [1.82, 2.24) is 15.3 Å². The third-order valence-corrected chi connectivity index (χ3v) is 5.90. The van der Waals surface area contributed by atoms with Gasteiger partial charge in [0.25, 0.3) is 0 Å². The minimum Gasteiger partial charge on any atom is -0.481 e. The molecular formula is C23H28FN3O4. The second-order valence-corrected chi connectivity index (χ2v) is 9.34. The van der Waals surface area contributed by atoms with Crippen molar-refractivity contribution in [3.8, 4) is 5.88 Å². The van der Waals surface area contributed by atoms with Gasteiger partial charge in [-0.1, -0.05) is 12.2 Å². The third kappa shape index (κ3) is 4.49. The van der Waals surface area contributed by atoms with Crippen molar-refractivity contribution in [3.05, 3.63) is 35.8 Å². The van der Waals surface area contributed by atoms with E-state index in [1.807, 2.05) is 26.8 Å². The first-order valence-electron chi connectivity index (χ1n) is 10.5. The smallest absolute Gasteiger partial charge is 0.408 e. The highest BCUT2D eigenvalue weighted by molar-refractivity contribution is 5.84. The van der Waals surface area contributed by atoms with Gasteiger partial charge in [0.05, 0.1) is 36.6 Å². The molecule has 0 spiro atoms. The fourth-order valence-corrected chi connectivity index (χ4v) is 4.17. The SMILES string of the molecule is COc1ccc2ncc(F)c(/C=C/C34CCC(NC(=O)OC(C)(C)C)(CC3)CO4)c2n1. The first kappa shape index (κ1) is 21.5. The van der Waals surface area contributed by atoms with E-state index < -0.39 is 28.7 Å². The Kier molecular flexibility index (Phi) is 5.37. The topological polar surface area (TPSA) is 82.6 Å². The Hall–Kier alpha value is -2.74. The van der Waals surface area contributed by atoms with E-state index in [2.05, 4.69) is 15.3 Å². The summed E-state index contributed by atoms with van der Waals surface area (Å²) in [4.78, 5) is 20.7. The Bertz CT molecular complexity index is 1010. The van der Waals surface area contributed by atoms with Gasteiger partial charge in [0.2, 0.25) is 5.88 Å². The maximum absolute atomic E-state index is 14.6. The van der Waals surface area contributed by atoms with Gasteiger partial charge in [-0.3, -0.25) is 4.98 Å². The molecule has 0 aromatic carbocycles. The molecule has 2 bridgehead atoms. The van der Waals surface area contributed by atoms with Gasteiger partial charge in [-0.05, 0) is 52.5 Å². The Morgan fingerprint density at radius 2 is 2.00 bits per heavy atom. The standard InChI is InChI=1S/C23H28FN3O4/c1-21(2,3)31-20(28)27-22-9-11-23(12-10-22,30-14-22)8-7-15-16(24)13-25-17-5-6-18(29-4)26-19(15)17/h5-8,13H,9-12,14H2,1-4H3,(H,27,28)/b8-7+. The third-order valence-electron chi connectivity index (χ3n) is 5.90. The minimum absolute atomic E-state index is 0.358. The molecule has 4 heterocycles. The van der Waals surface area contributed by atoms with Crippen LogP contribution < -0.4 is 10.1 Å². The zero-order chi connectivity index (χ0) is 22.3. The number of ether oxygens (including phenoxy) is 3. The molecule has 1 aliphatic carbocycles. The maximum atomic E-state index is 14.6. The minimum atomic E-state index is -0.550. The van der Waals surface area contributed by atoms with E-state index in [-0.39, 0.29) is 0 Å². The van der Waals surface area contributed by atoms with Crippen molar-refractivity contribution in [2.24, 2.45) is 0 Å². The maximum Gasteiger partial charge on any atom is 0.408 e. The highest BCUT2D eigenvalue weighted by Gasteiger charge is 2.49. The summed E-state index contributed by atoms with van der Waals surface area (Å²) in [6.45, 7) is 5.91. The lowest BCUT2D eigenvalue weighted by atomic mass is 9.71. The van der Waals surface area contributed by atoms with Crippen LogP contribution in [0.25, 0.3) is 17.1 Å². The zero-order valence-electron chi connectivity index (χ0n) is 18.3. The van der Waals surface area contributed by atoms with Crippen LogP contribution in [0.3, 0.4) is 0 Å². The van der Waals surface area contributed by atoms with E-state index in [1.54, 1.807) is 18.2 Å². The molecule has 31 heavy (non-hydrogen) atoms. The molecule has 2 aliphatic heterocycles. The lowest BCUT2D eigenvalue weighted by Crippen LogP contribution is -2.62. The average molecular weight is 429 g/mol. The molecule has 1 N–H and O–H groups in total. The molecule has 2 aromatic rings. The predicted octanol–water partition coefficient (Wildman–Crippen LogP) is 4.40. The van der Waals surface area contributed by atoms with Gasteiger partial charge >= 0.3 is 6.09 Å². The van der Waals surface area contributed by atoms with E-state index in [4.69, 9.17) is 14.2 Å². The van der Waals surface area contributed by atoms with Crippen LogP contribution in [-0.4, -0.2) is 46.5 Å².